The number of hydrogen-bond donors (Lipinski definition) is 0. The van der Waals surface area contributed by atoms with Gasteiger partial charge < -0.3 is 4.74 Å². The molecule has 0 bridgehead atoms. The number of aromatic nitrogens is 2. The fourth-order valence-corrected chi connectivity index (χ4v) is 0.635. The van der Waals surface area contributed by atoms with Gasteiger partial charge in [-0.3, -0.25) is 0 Å². The van der Waals surface area contributed by atoms with Crippen molar-refractivity contribution in [3.05, 3.63) is 22.6 Å². The number of rotatable bonds is 2. The third-order valence-electron chi connectivity index (χ3n) is 0.674. The van der Waals surface area contributed by atoms with E-state index in [-0.39, 0.29) is 4.73 Å². The minimum absolute atomic E-state index is 0.119. The first-order valence-electron chi connectivity index (χ1n) is 5.74. The van der Waals surface area contributed by atoms with E-state index in [9.17, 15) is 0 Å². The number of methoxy groups -OCH3 is 1. The Morgan fingerprint density at radius 2 is 3.00 bits per heavy atom. The van der Waals surface area contributed by atoms with Crippen LogP contribution in [0.4, 0.5) is 0 Å². The molecule has 0 fully saturated rings. The number of nitrogens with zero attached hydrogens (tertiary/aromatic N) is 2. The zero-order valence-electron chi connectivity index (χ0n) is 11.7. The Hall–Kier alpha value is -0.480. The highest BCUT2D eigenvalue weighted by atomic mass is 79.9. The normalized spacial score (nSPS) is 22.7. The van der Waals surface area contributed by atoms with Crippen LogP contribution in [0.1, 0.15) is 15.3 Å². The first kappa shape index (κ1) is 2.53. The minimum atomic E-state index is -2.98. The molecule has 1 rings (SSSR count). The highest BCUT2D eigenvalue weighted by molar-refractivity contribution is 9.10. The van der Waals surface area contributed by atoms with E-state index in [0.29, 0.717) is 0 Å². The number of hydrogen-bond acceptors (Lipinski definition) is 3. The standard InChI is InChI=1S/C6H7BrN2O/c1-10-4-5-2-3-8-6(7)9-5/h2-3H,4H2,1H3/i1D3,2D,3D,4D2. The molecule has 0 N–H and O–H groups in total. The molecule has 0 aliphatic rings. The molecule has 10 heavy (non-hydrogen) atoms. The van der Waals surface area contributed by atoms with Crippen molar-refractivity contribution >= 4 is 15.9 Å². The van der Waals surface area contributed by atoms with Gasteiger partial charge in [0, 0.05) is 13.2 Å². The fraction of sp³-hybridized carbons (Fsp3) is 0.333. The Balaban J connectivity index is 3.23. The highest BCUT2D eigenvalue weighted by Crippen LogP contribution is 2.02. The van der Waals surface area contributed by atoms with E-state index in [0.717, 1.165) is 0 Å². The molecule has 0 saturated carbocycles. The zero-order valence-corrected chi connectivity index (χ0v) is 6.27. The van der Waals surface area contributed by atoms with Crippen molar-refractivity contribution in [1.29, 1.82) is 0 Å². The lowest BCUT2D eigenvalue weighted by molar-refractivity contribution is 0.181. The van der Waals surface area contributed by atoms with Crippen LogP contribution in [0.2, 0.25) is 0 Å². The molecule has 0 radical (unpaired) electrons. The maximum Gasteiger partial charge on any atom is 0.196 e. The summed E-state index contributed by atoms with van der Waals surface area (Å²) in [7, 11) is -2.98. The Labute approximate surface area is 77.4 Å². The third-order valence-corrected chi connectivity index (χ3v) is 1.03. The molecule has 0 unspecified atom stereocenters. The van der Waals surface area contributed by atoms with Crippen molar-refractivity contribution in [1.82, 2.24) is 9.97 Å². The van der Waals surface area contributed by atoms with Crippen LogP contribution < -0.4 is 0 Å². The van der Waals surface area contributed by atoms with Crippen LogP contribution in [0.25, 0.3) is 0 Å². The molecule has 1 heterocycles. The quantitative estimate of drug-likeness (QED) is 0.691. The molecule has 0 amide bonds. The monoisotopic (exact) mass is 209 g/mol. The maximum atomic E-state index is 7.43. The van der Waals surface area contributed by atoms with E-state index in [2.05, 4.69) is 30.6 Å². The molecule has 54 valence electrons. The summed E-state index contributed by atoms with van der Waals surface area (Å²) < 4.78 is 54.1. The molecule has 4 heteroatoms. The Kier molecular flexibility index (Phi) is 0.919. The van der Waals surface area contributed by atoms with Crippen LogP contribution >= 0.6 is 15.9 Å². The summed E-state index contributed by atoms with van der Waals surface area (Å²) in [5.41, 5.74) is -0.611. The fourth-order valence-electron chi connectivity index (χ4n) is 0.369. The van der Waals surface area contributed by atoms with Gasteiger partial charge in [0.15, 0.2) is 4.73 Å². The Morgan fingerprint density at radius 1 is 2.10 bits per heavy atom. The van der Waals surface area contributed by atoms with Crippen LogP contribution in [-0.4, -0.2) is 17.0 Å². The van der Waals surface area contributed by atoms with E-state index in [1.54, 1.807) is 0 Å². The van der Waals surface area contributed by atoms with Crippen LogP contribution in [0.3, 0.4) is 0 Å². The van der Waals surface area contributed by atoms with Crippen LogP contribution in [0, 0.1) is 0 Å². The van der Waals surface area contributed by atoms with Gasteiger partial charge in [-0.15, -0.1) is 0 Å². The first-order chi connectivity index (χ1) is 7.53. The van der Waals surface area contributed by atoms with Crippen LogP contribution in [-0.2, 0) is 11.3 Å². The predicted molar refractivity (Wildman–Crippen MR) is 40.4 cm³/mol. The van der Waals surface area contributed by atoms with Crippen molar-refractivity contribution in [2.45, 2.75) is 6.56 Å². The molecule has 0 spiro atoms. The maximum absolute atomic E-state index is 7.43. The van der Waals surface area contributed by atoms with E-state index in [4.69, 9.17) is 9.60 Å². The smallest absolute Gasteiger partial charge is 0.196 e. The SMILES string of the molecule is [2H]c1nc(Br)nc(C([2H])([2H])OC([2H])([2H])[2H])c1[2H]. The molecule has 0 aliphatic heterocycles. The minimum Gasteiger partial charge on any atom is -0.378 e. The Morgan fingerprint density at radius 3 is 3.80 bits per heavy atom. The molecule has 0 aromatic carbocycles. The average molecular weight is 210 g/mol. The molecule has 0 saturated heterocycles. The second kappa shape index (κ2) is 3.63. The molecular weight excluding hydrogens is 196 g/mol. The molecule has 1 aromatic heterocycles. The van der Waals surface area contributed by atoms with Gasteiger partial charge in [0.25, 0.3) is 0 Å². The second-order valence-electron chi connectivity index (χ2n) is 1.28. The van der Waals surface area contributed by atoms with E-state index in [1.165, 1.54) is 0 Å². The van der Waals surface area contributed by atoms with Gasteiger partial charge in [-0.2, -0.15) is 0 Å². The van der Waals surface area contributed by atoms with Gasteiger partial charge in [0.05, 0.1) is 21.8 Å². The number of halogens is 1. The summed E-state index contributed by atoms with van der Waals surface area (Å²) >= 11 is 2.83. The van der Waals surface area contributed by atoms with Crippen molar-refractivity contribution < 1.29 is 14.3 Å². The summed E-state index contributed by atoms with van der Waals surface area (Å²) in [4.78, 5) is 7.00. The van der Waals surface area contributed by atoms with Gasteiger partial charge >= 0.3 is 0 Å². The van der Waals surface area contributed by atoms with Gasteiger partial charge in [0.1, 0.15) is 0 Å². The van der Waals surface area contributed by atoms with Crippen LogP contribution in [0.5, 0.6) is 0 Å². The highest BCUT2D eigenvalue weighted by Gasteiger charge is 1.93. The van der Waals surface area contributed by atoms with E-state index < -0.39 is 31.5 Å². The lowest BCUT2D eigenvalue weighted by Crippen LogP contribution is -1.92. The number of ether oxygens (including phenoxy) is 1. The lowest BCUT2D eigenvalue weighted by Gasteiger charge is -1.96. The van der Waals surface area contributed by atoms with Crippen molar-refractivity contribution in [2.75, 3.05) is 7.04 Å². The molecular formula is C6H7BrN2O. The zero-order chi connectivity index (χ0) is 13.4. The Bertz CT molecular complexity index is 435. The van der Waals surface area contributed by atoms with Gasteiger partial charge in [-0.05, 0) is 22.0 Å². The summed E-state index contributed by atoms with van der Waals surface area (Å²) in [5.74, 6) is 0. The summed E-state index contributed by atoms with van der Waals surface area (Å²) in [5, 5.41) is 0. The van der Waals surface area contributed by atoms with Gasteiger partial charge in [0.2, 0.25) is 0 Å². The largest absolute Gasteiger partial charge is 0.378 e. The van der Waals surface area contributed by atoms with E-state index >= 15 is 0 Å². The van der Waals surface area contributed by atoms with Gasteiger partial charge in [-0.25, -0.2) is 9.97 Å². The summed E-state index contributed by atoms with van der Waals surface area (Å²) in [6.45, 7) is -2.80. The topological polar surface area (TPSA) is 35.0 Å². The summed E-state index contributed by atoms with van der Waals surface area (Å²) in [6, 6.07) is -0.623. The molecule has 0 atom stereocenters. The van der Waals surface area contributed by atoms with Gasteiger partial charge in [-0.1, -0.05) is 0 Å². The van der Waals surface area contributed by atoms with Crippen molar-refractivity contribution in [3.63, 3.8) is 0 Å². The second-order valence-corrected chi connectivity index (χ2v) is 1.99. The van der Waals surface area contributed by atoms with Crippen molar-refractivity contribution in [2.24, 2.45) is 0 Å². The van der Waals surface area contributed by atoms with E-state index in [1.807, 2.05) is 0 Å². The molecule has 1 aromatic rings. The van der Waals surface area contributed by atoms with Crippen LogP contribution in [0.15, 0.2) is 16.9 Å². The lowest BCUT2D eigenvalue weighted by atomic mass is 10.4. The molecule has 0 aliphatic carbocycles. The van der Waals surface area contributed by atoms with Crippen molar-refractivity contribution in [3.8, 4) is 0 Å². The average Bonchev–Trinajstić information content (AvgIpc) is 2.06. The molecule has 3 nitrogen and oxygen atoms in total. The summed E-state index contributed by atoms with van der Waals surface area (Å²) in [6.07, 6.45) is -0.528. The predicted octanol–water partition coefficient (Wildman–Crippen LogP) is 1.39. The first-order valence-corrected chi connectivity index (χ1v) is 3.03. The third kappa shape index (κ3) is 2.04.